The van der Waals surface area contributed by atoms with Gasteiger partial charge in [0.05, 0.1) is 26.0 Å². The molecule has 33 heavy (non-hydrogen) atoms. The highest BCUT2D eigenvalue weighted by molar-refractivity contribution is 7.19. The minimum atomic E-state index is 0.0666. The zero-order chi connectivity index (χ0) is 22.6. The second-order valence-corrected chi connectivity index (χ2v) is 9.80. The van der Waals surface area contributed by atoms with Crippen LogP contribution < -0.4 is 0 Å². The van der Waals surface area contributed by atoms with Crippen molar-refractivity contribution in [1.29, 1.82) is 0 Å². The second kappa shape index (κ2) is 9.87. The molecule has 0 aliphatic carbocycles. The minimum absolute atomic E-state index is 0.0666. The standard InChI is InChI=1S/C27H24ClN3OS/c28-26-13-12-25(33-26)24-19-22(21-10-4-5-11-23(21)29-24)27(32)31-17-15-30(16-18-31)14-6-9-20-7-2-1-3-8-20/h1-13,19H,14-18H2/b9-6-. The van der Waals surface area contributed by atoms with Crippen LogP contribution in [0.1, 0.15) is 15.9 Å². The molecule has 0 bridgehead atoms. The Morgan fingerprint density at radius 1 is 0.970 bits per heavy atom. The number of benzene rings is 2. The van der Waals surface area contributed by atoms with E-state index in [9.17, 15) is 4.79 Å². The van der Waals surface area contributed by atoms with Crippen LogP contribution in [-0.2, 0) is 0 Å². The summed E-state index contributed by atoms with van der Waals surface area (Å²) in [4.78, 5) is 23.6. The van der Waals surface area contributed by atoms with Crippen molar-refractivity contribution < 1.29 is 4.79 Å². The van der Waals surface area contributed by atoms with Gasteiger partial charge in [0.2, 0.25) is 0 Å². The molecule has 2 aromatic carbocycles. The quantitative estimate of drug-likeness (QED) is 0.352. The second-order valence-electron chi connectivity index (χ2n) is 8.08. The largest absolute Gasteiger partial charge is 0.336 e. The van der Waals surface area contributed by atoms with Crippen molar-refractivity contribution >= 4 is 45.8 Å². The highest BCUT2D eigenvalue weighted by Gasteiger charge is 2.24. The molecule has 0 unspecified atom stereocenters. The Hall–Kier alpha value is -2.99. The average Bonchev–Trinajstić information content (AvgIpc) is 3.30. The van der Waals surface area contributed by atoms with Crippen LogP contribution in [0.15, 0.2) is 78.9 Å². The Bertz CT molecular complexity index is 1290. The van der Waals surface area contributed by atoms with Crippen LogP contribution in [0.25, 0.3) is 27.6 Å². The summed E-state index contributed by atoms with van der Waals surface area (Å²) in [5.41, 5.74) is 3.53. The number of rotatable bonds is 5. The van der Waals surface area contributed by atoms with E-state index < -0.39 is 0 Å². The fraction of sp³-hybridized carbons (Fsp3) is 0.185. The average molecular weight is 474 g/mol. The van der Waals surface area contributed by atoms with Gasteiger partial charge in [-0.15, -0.1) is 11.3 Å². The zero-order valence-corrected chi connectivity index (χ0v) is 19.7. The highest BCUT2D eigenvalue weighted by Crippen LogP contribution is 2.32. The summed E-state index contributed by atoms with van der Waals surface area (Å²) in [7, 11) is 0. The molecular formula is C27H24ClN3OS. The lowest BCUT2D eigenvalue weighted by Crippen LogP contribution is -2.48. The molecule has 4 nitrogen and oxygen atoms in total. The van der Waals surface area contributed by atoms with Crippen LogP contribution in [0, 0.1) is 0 Å². The maximum absolute atomic E-state index is 13.6. The molecule has 166 valence electrons. The molecule has 0 N–H and O–H groups in total. The van der Waals surface area contributed by atoms with Gasteiger partial charge in [0, 0.05) is 38.1 Å². The van der Waals surface area contributed by atoms with E-state index in [4.69, 9.17) is 16.6 Å². The van der Waals surface area contributed by atoms with Crippen molar-refractivity contribution in [3.05, 3.63) is 94.3 Å². The Labute approximate surface area is 202 Å². The van der Waals surface area contributed by atoms with Crippen LogP contribution >= 0.6 is 22.9 Å². The fourth-order valence-electron chi connectivity index (χ4n) is 4.14. The number of aromatic nitrogens is 1. The predicted octanol–water partition coefficient (Wildman–Crippen LogP) is 6.09. The van der Waals surface area contributed by atoms with Gasteiger partial charge < -0.3 is 4.90 Å². The number of amides is 1. The number of para-hydroxylation sites is 1. The first-order valence-electron chi connectivity index (χ1n) is 11.1. The van der Waals surface area contributed by atoms with Crippen LogP contribution in [0.4, 0.5) is 0 Å². The molecule has 0 radical (unpaired) electrons. The Morgan fingerprint density at radius 3 is 2.48 bits per heavy atom. The number of carbonyl (C=O) groups is 1. The molecule has 0 saturated carbocycles. The monoisotopic (exact) mass is 473 g/mol. The maximum Gasteiger partial charge on any atom is 0.254 e. The number of piperazine rings is 1. The number of thiophene rings is 1. The lowest BCUT2D eigenvalue weighted by Gasteiger charge is -2.34. The molecule has 1 saturated heterocycles. The van der Waals surface area contributed by atoms with E-state index in [1.807, 2.05) is 65.6 Å². The first-order chi connectivity index (χ1) is 16.2. The topological polar surface area (TPSA) is 36.4 Å². The number of fused-ring (bicyclic) bond motifs is 1. The predicted molar refractivity (Wildman–Crippen MR) is 138 cm³/mol. The third kappa shape index (κ3) is 5.01. The van der Waals surface area contributed by atoms with Crippen molar-refractivity contribution in [3.8, 4) is 10.6 Å². The normalized spacial score (nSPS) is 14.9. The third-order valence-corrected chi connectivity index (χ3v) is 7.16. The third-order valence-electron chi connectivity index (χ3n) is 5.91. The summed E-state index contributed by atoms with van der Waals surface area (Å²) in [5, 5.41) is 0.891. The Balaban J connectivity index is 1.31. The van der Waals surface area contributed by atoms with Crippen molar-refractivity contribution in [1.82, 2.24) is 14.8 Å². The van der Waals surface area contributed by atoms with Gasteiger partial charge in [0.15, 0.2) is 0 Å². The van der Waals surface area contributed by atoms with Gasteiger partial charge in [-0.3, -0.25) is 9.69 Å². The van der Waals surface area contributed by atoms with E-state index in [-0.39, 0.29) is 5.91 Å². The molecule has 1 fully saturated rings. The minimum Gasteiger partial charge on any atom is -0.336 e. The van der Waals surface area contributed by atoms with Gasteiger partial charge in [0.1, 0.15) is 0 Å². The summed E-state index contributed by atoms with van der Waals surface area (Å²) >= 11 is 7.62. The van der Waals surface area contributed by atoms with E-state index in [0.717, 1.165) is 54.2 Å². The van der Waals surface area contributed by atoms with E-state index in [1.165, 1.54) is 16.9 Å². The van der Waals surface area contributed by atoms with Gasteiger partial charge in [-0.05, 0) is 29.8 Å². The molecule has 6 heteroatoms. The van der Waals surface area contributed by atoms with E-state index in [2.05, 4.69) is 29.2 Å². The summed E-state index contributed by atoms with van der Waals surface area (Å²) in [6.07, 6.45) is 4.35. The Kier molecular flexibility index (Phi) is 6.53. The number of pyridine rings is 1. The molecule has 5 rings (SSSR count). The van der Waals surface area contributed by atoms with Gasteiger partial charge in [-0.1, -0.05) is 72.3 Å². The number of halogens is 1. The van der Waals surface area contributed by atoms with Gasteiger partial charge in [-0.2, -0.15) is 0 Å². The van der Waals surface area contributed by atoms with E-state index in [1.54, 1.807) is 0 Å². The zero-order valence-electron chi connectivity index (χ0n) is 18.2. The SMILES string of the molecule is O=C(c1cc(-c2ccc(Cl)s2)nc2ccccc12)N1CCN(C/C=C\c2ccccc2)CC1. The summed E-state index contributed by atoms with van der Waals surface area (Å²) < 4.78 is 0.713. The van der Waals surface area contributed by atoms with Crippen molar-refractivity contribution in [2.75, 3.05) is 32.7 Å². The Morgan fingerprint density at radius 2 is 1.73 bits per heavy atom. The van der Waals surface area contributed by atoms with Crippen LogP contribution in [0.5, 0.6) is 0 Å². The van der Waals surface area contributed by atoms with E-state index in [0.29, 0.717) is 9.90 Å². The lowest BCUT2D eigenvalue weighted by molar-refractivity contribution is 0.0652. The van der Waals surface area contributed by atoms with Crippen LogP contribution in [0.3, 0.4) is 0 Å². The molecule has 3 heterocycles. The lowest BCUT2D eigenvalue weighted by atomic mass is 10.1. The summed E-state index contributed by atoms with van der Waals surface area (Å²) in [6.45, 7) is 4.05. The van der Waals surface area contributed by atoms with Gasteiger partial charge in [0.25, 0.3) is 5.91 Å². The molecule has 1 aliphatic rings. The van der Waals surface area contributed by atoms with Crippen LogP contribution in [0.2, 0.25) is 4.34 Å². The highest BCUT2D eigenvalue weighted by atomic mass is 35.5. The molecule has 0 atom stereocenters. The number of hydrogen-bond acceptors (Lipinski definition) is 4. The number of carbonyl (C=O) groups excluding carboxylic acids is 1. The molecular weight excluding hydrogens is 450 g/mol. The fourth-order valence-corrected chi connectivity index (χ4v) is 5.14. The van der Waals surface area contributed by atoms with Gasteiger partial charge in [-0.25, -0.2) is 4.98 Å². The van der Waals surface area contributed by atoms with Crippen LogP contribution in [-0.4, -0.2) is 53.4 Å². The molecule has 1 amide bonds. The first kappa shape index (κ1) is 21.8. The van der Waals surface area contributed by atoms with Crippen molar-refractivity contribution in [3.63, 3.8) is 0 Å². The molecule has 2 aromatic heterocycles. The summed E-state index contributed by atoms with van der Waals surface area (Å²) in [5.74, 6) is 0.0666. The molecule has 4 aromatic rings. The van der Waals surface area contributed by atoms with Gasteiger partial charge >= 0.3 is 0 Å². The van der Waals surface area contributed by atoms with E-state index >= 15 is 0 Å². The van der Waals surface area contributed by atoms with Crippen molar-refractivity contribution in [2.45, 2.75) is 0 Å². The smallest absolute Gasteiger partial charge is 0.254 e. The molecule has 0 spiro atoms. The first-order valence-corrected chi connectivity index (χ1v) is 12.3. The number of hydrogen-bond donors (Lipinski definition) is 0. The molecule has 1 aliphatic heterocycles. The van der Waals surface area contributed by atoms with Crippen molar-refractivity contribution in [2.24, 2.45) is 0 Å². The summed E-state index contributed by atoms with van der Waals surface area (Å²) in [6, 6.07) is 23.9. The number of nitrogens with zero attached hydrogens (tertiary/aromatic N) is 3. The maximum atomic E-state index is 13.6.